The van der Waals surface area contributed by atoms with Gasteiger partial charge in [0.15, 0.2) is 0 Å². The van der Waals surface area contributed by atoms with Crippen molar-refractivity contribution in [3.63, 3.8) is 0 Å². The standard InChI is InChI=1S/C22H18F3N3O4/c1-13-3-5-14(6-4-13)18-26-16(12-31-18)11-28-19(29)21(2,27-20(28)30)15-7-9-17(10-8-15)32-22(23,24)25/h3-10,12H,11H2,1-2H3,(H,27,30). The van der Waals surface area contributed by atoms with E-state index in [9.17, 15) is 22.8 Å². The molecule has 2 heterocycles. The molecule has 1 aliphatic rings. The number of halogens is 3. The molecule has 32 heavy (non-hydrogen) atoms. The minimum Gasteiger partial charge on any atom is -0.444 e. The molecule has 3 amide bonds. The monoisotopic (exact) mass is 445 g/mol. The zero-order chi connectivity index (χ0) is 23.1. The van der Waals surface area contributed by atoms with Crippen LogP contribution in [-0.2, 0) is 16.9 Å². The molecule has 3 aromatic rings. The first-order valence-corrected chi connectivity index (χ1v) is 9.57. The van der Waals surface area contributed by atoms with Crippen molar-refractivity contribution in [2.75, 3.05) is 0 Å². The Balaban J connectivity index is 1.51. The summed E-state index contributed by atoms with van der Waals surface area (Å²) in [6.07, 6.45) is -3.46. The lowest BCUT2D eigenvalue weighted by Gasteiger charge is -2.22. The molecule has 1 aromatic heterocycles. The van der Waals surface area contributed by atoms with Gasteiger partial charge in [-0.15, -0.1) is 13.2 Å². The average molecular weight is 445 g/mol. The third kappa shape index (κ3) is 4.16. The van der Waals surface area contributed by atoms with Gasteiger partial charge >= 0.3 is 12.4 Å². The van der Waals surface area contributed by atoms with Crippen molar-refractivity contribution >= 4 is 11.9 Å². The van der Waals surface area contributed by atoms with Gasteiger partial charge in [-0.1, -0.05) is 29.8 Å². The molecule has 2 aromatic carbocycles. The normalized spacial score (nSPS) is 18.7. The van der Waals surface area contributed by atoms with Crippen molar-refractivity contribution in [2.45, 2.75) is 32.3 Å². The van der Waals surface area contributed by atoms with Crippen molar-refractivity contribution in [1.82, 2.24) is 15.2 Å². The number of oxazole rings is 1. The third-order valence-electron chi connectivity index (χ3n) is 5.11. The fourth-order valence-electron chi connectivity index (χ4n) is 3.40. The fraction of sp³-hybridized carbons (Fsp3) is 0.227. The predicted molar refractivity (Wildman–Crippen MR) is 106 cm³/mol. The zero-order valence-corrected chi connectivity index (χ0v) is 17.1. The number of urea groups is 1. The minimum atomic E-state index is -4.82. The van der Waals surface area contributed by atoms with Crippen LogP contribution >= 0.6 is 0 Å². The predicted octanol–water partition coefficient (Wildman–Crippen LogP) is 4.52. The van der Waals surface area contributed by atoms with Crippen LogP contribution in [0.1, 0.15) is 23.7 Å². The first-order valence-electron chi connectivity index (χ1n) is 9.57. The van der Waals surface area contributed by atoms with Gasteiger partial charge in [0.2, 0.25) is 5.89 Å². The summed E-state index contributed by atoms with van der Waals surface area (Å²) in [5.41, 5.74) is 1.08. The molecular weight excluding hydrogens is 427 g/mol. The summed E-state index contributed by atoms with van der Waals surface area (Å²) in [7, 11) is 0. The highest BCUT2D eigenvalue weighted by molar-refractivity contribution is 6.07. The summed E-state index contributed by atoms with van der Waals surface area (Å²) < 4.78 is 46.4. The summed E-state index contributed by atoms with van der Waals surface area (Å²) >= 11 is 0. The van der Waals surface area contributed by atoms with Crippen LogP contribution in [0, 0.1) is 6.92 Å². The van der Waals surface area contributed by atoms with Crippen molar-refractivity contribution in [3.8, 4) is 17.2 Å². The lowest BCUT2D eigenvalue weighted by molar-refractivity contribution is -0.274. The molecule has 1 N–H and O–H groups in total. The van der Waals surface area contributed by atoms with Crippen molar-refractivity contribution < 1.29 is 31.9 Å². The Morgan fingerprint density at radius 3 is 2.38 bits per heavy atom. The summed E-state index contributed by atoms with van der Waals surface area (Å²) in [6.45, 7) is 3.31. The molecule has 0 spiro atoms. The Bertz CT molecular complexity index is 1160. The maximum Gasteiger partial charge on any atom is 0.573 e. The largest absolute Gasteiger partial charge is 0.573 e. The highest BCUT2D eigenvalue weighted by Gasteiger charge is 2.49. The molecule has 1 aliphatic heterocycles. The molecular formula is C22H18F3N3O4. The van der Waals surface area contributed by atoms with E-state index >= 15 is 0 Å². The lowest BCUT2D eigenvalue weighted by atomic mass is 9.92. The molecule has 1 saturated heterocycles. The van der Waals surface area contributed by atoms with Crippen molar-refractivity contribution in [2.24, 2.45) is 0 Å². The smallest absolute Gasteiger partial charge is 0.444 e. The van der Waals surface area contributed by atoms with Crippen molar-refractivity contribution in [3.05, 3.63) is 71.6 Å². The molecule has 166 valence electrons. The van der Waals surface area contributed by atoms with E-state index in [1.807, 2.05) is 31.2 Å². The summed E-state index contributed by atoms with van der Waals surface area (Å²) in [5, 5.41) is 2.60. The van der Waals surface area contributed by atoms with Crippen molar-refractivity contribution in [1.29, 1.82) is 0 Å². The van der Waals surface area contributed by atoms with E-state index < -0.39 is 29.6 Å². The second kappa shape index (κ2) is 7.70. The summed E-state index contributed by atoms with van der Waals surface area (Å²) in [6, 6.07) is 11.6. The number of imide groups is 1. The molecule has 0 saturated carbocycles. The number of nitrogens with zero attached hydrogens (tertiary/aromatic N) is 2. The van der Waals surface area contributed by atoms with E-state index in [-0.39, 0.29) is 6.54 Å². The minimum absolute atomic E-state index is 0.120. The van der Waals surface area contributed by atoms with Crippen LogP contribution in [0.4, 0.5) is 18.0 Å². The molecule has 1 atom stereocenters. The topological polar surface area (TPSA) is 84.7 Å². The number of benzene rings is 2. The molecule has 1 unspecified atom stereocenters. The SMILES string of the molecule is Cc1ccc(-c2nc(CN3C(=O)NC(C)(c4ccc(OC(F)(F)F)cc4)C3=O)co2)cc1. The first kappa shape index (κ1) is 21.4. The number of carbonyl (C=O) groups is 2. The van der Waals surface area contributed by atoms with E-state index in [4.69, 9.17) is 4.42 Å². The zero-order valence-electron chi connectivity index (χ0n) is 17.1. The van der Waals surface area contributed by atoms with E-state index in [1.54, 1.807) is 0 Å². The number of aryl methyl sites for hydroxylation is 1. The number of rotatable bonds is 5. The quantitative estimate of drug-likeness (QED) is 0.584. The first-order chi connectivity index (χ1) is 15.0. The van der Waals surface area contributed by atoms with E-state index in [1.165, 1.54) is 25.3 Å². The Hall–Kier alpha value is -3.82. The number of hydrogen-bond donors (Lipinski definition) is 1. The molecule has 0 aliphatic carbocycles. The van der Waals surface area contributed by atoms with Crippen LogP contribution in [0.5, 0.6) is 5.75 Å². The molecule has 0 radical (unpaired) electrons. The highest BCUT2D eigenvalue weighted by atomic mass is 19.4. The number of nitrogens with one attached hydrogen (secondary N) is 1. The van der Waals surface area contributed by atoms with Gasteiger partial charge in [0.1, 0.15) is 17.6 Å². The second-order valence-electron chi connectivity index (χ2n) is 7.53. The van der Waals surface area contributed by atoms with Gasteiger partial charge in [-0.2, -0.15) is 0 Å². The van der Waals surface area contributed by atoms with Crippen LogP contribution in [0.15, 0.2) is 59.2 Å². The van der Waals surface area contributed by atoms with Gasteiger partial charge in [0, 0.05) is 5.56 Å². The highest BCUT2D eigenvalue weighted by Crippen LogP contribution is 2.32. The molecule has 7 nitrogen and oxygen atoms in total. The number of alkyl halides is 3. The average Bonchev–Trinajstić information content (AvgIpc) is 3.27. The number of aromatic nitrogens is 1. The molecule has 4 rings (SSSR count). The summed E-state index contributed by atoms with van der Waals surface area (Å²) in [4.78, 5) is 30.9. The Kier molecular flexibility index (Phi) is 5.15. The third-order valence-corrected chi connectivity index (χ3v) is 5.11. The second-order valence-corrected chi connectivity index (χ2v) is 7.53. The molecule has 10 heteroatoms. The maximum absolute atomic E-state index is 13.0. The summed E-state index contributed by atoms with van der Waals surface area (Å²) in [5.74, 6) is -0.633. The van der Waals surface area contributed by atoms with Crippen LogP contribution in [0.3, 0.4) is 0 Å². The maximum atomic E-state index is 13.0. The fourth-order valence-corrected chi connectivity index (χ4v) is 3.40. The molecule has 0 bridgehead atoms. The van der Waals surface area contributed by atoms with E-state index in [0.29, 0.717) is 17.1 Å². The Morgan fingerprint density at radius 1 is 1.09 bits per heavy atom. The number of amides is 3. The Labute approximate surface area is 180 Å². The number of carbonyl (C=O) groups excluding carboxylic acids is 2. The number of ether oxygens (including phenoxy) is 1. The lowest BCUT2D eigenvalue weighted by Crippen LogP contribution is -2.40. The van der Waals surface area contributed by atoms with Gasteiger partial charge < -0.3 is 14.5 Å². The molecule has 1 fully saturated rings. The van der Waals surface area contributed by atoms with E-state index in [0.717, 1.165) is 28.2 Å². The van der Waals surface area contributed by atoms with E-state index in [2.05, 4.69) is 15.0 Å². The van der Waals surface area contributed by atoms with Gasteiger partial charge in [0.25, 0.3) is 5.91 Å². The van der Waals surface area contributed by atoms with Gasteiger partial charge in [-0.25, -0.2) is 9.78 Å². The van der Waals surface area contributed by atoms with Crippen LogP contribution in [0.25, 0.3) is 11.5 Å². The van der Waals surface area contributed by atoms with Crippen LogP contribution in [-0.4, -0.2) is 28.2 Å². The van der Waals surface area contributed by atoms with Gasteiger partial charge in [0.05, 0.1) is 12.2 Å². The van der Waals surface area contributed by atoms with Crippen LogP contribution in [0.2, 0.25) is 0 Å². The Morgan fingerprint density at radius 2 is 1.75 bits per heavy atom. The van der Waals surface area contributed by atoms with Crippen LogP contribution < -0.4 is 10.1 Å². The van der Waals surface area contributed by atoms with Gasteiger partial charge in [-0.05, 0) is 43.7 Å². The number of hydrogen-bond acceptors (Lipinski definition) is 5. The van der Waals surface area contributed by atoms with Gasteiger partial charge in [-0.3, -0.25) is 9.69 Å².